The Labute approximate surface area is 121 Å². The van der Waals surface area contributed by atoms with Crippen LogP contribution >= 0.6 is 12.4 Å². The summed E-state index contributed by atoms with van der Waals surface area (Å²) in [5.41, 5.74) is 5.54. The van der Waals surface area contributed by atoms with Gasteiger partial charge in [0.1, 0.15) is 0 Å². The predicted octanol–water partition coefficient (Wildman–Crippen LogP) is 0.571. The summed E-state index contributed by atoms with van der Waals surface area (Å²) in [5, 5.41) is -0.339. The molecule has 19 heavy (non-hydrogen) atoms. The summed E-state index contributed by atoms with van der Waals surface area (Å²) in [4.78, 5) is 14.0. The van der Waals surface area contributed by atoms with Crippen molar-refractivity contribution >= 4 is 28.2 Å². The van der Waals surface area contributed by atoms with E-state index in [1.807, 2.05) is 6.92 Å². The minimum absolute atomic E-state index is 0. The van der Waals surface area contributed by atoms with Crippen LogP contribution in [0.25, 0.3) is 0 Å². The van der Waals surface area contributed by atoms with E-state index in [1.165, 1.54) is 0 Å². The van der Waals surface area contributed by atoms with Crippen molar-refractivity contribution in [2.45, 2.75) is 43.9 Å². The zero-order valence-corrected chi connectivity index (χ0v) is 12.9. The van der Waals surface area contributed by atoms with Gasteiger partial charge in [-0.15, -0.1) is 12.4 Å². The predicted molar refractivity (Wildman–Crippen MR) is 77.0 cm³/mol. The number of nitrogens with two attached hydrogens (primary N) is 1. The molecule has 2 rings (SSSR count). The lowest BCUT2D eigenvalue weighted by atomic mass is 9.92. The van der Waals surface area contributed by atoms with Gasteiger partial charge in [-0.25, -0.2) is 8.42 Å². The van der Waals surface area contributed by atoms with E-state index < -0.39 is 9.84 Å². The molecule has 2 fully saturated rings. The third-order valence-corrected chi connectivity index (χ3v) is 6.43. The Balaban J connectivity index is 0.00000180. The Morgan fingerprint density at radius 2 is 2.00 bits per heavy atom. The van der Waals surface area contributed by atoms with Crippen molar-refractivity contribution in [2.75, 3.05) is 18.8 Å². The molecule has 1 saturated heterocycles. The molecule has 3 unspecified atom stereocenters. The number of nitrogens with zero attached hydrogens (tertiary/aromatic N) is 1. The minimum Gasteiger partial charge on any atom is -0.337 e. The normalized spacial score (nSPS) is 30.9. The van der Waals surface area contributed by atoms with Gasteiger partial charge in [0.25, 0.3) is 0 Å². The third kappa shape index (κ3) is 3.23. The molecule has 1 saturated carbocycles. The average molecular weight is 311 g/mol. The van der Waals surface area contributed by atoms with Crippen molar-refractivity contribution in [1.29, 1.82) is 0 Å². The summed E-state index contributed by atoms with van der Waals surface area (Å²) in [6, 6.07) is -0.112. The Kier molecular flexibility index (Phi) is 5.65. The first-order chi connectivity index (χ1) is 8.47. The highest BCUT2D eigenvalue weighted by Crippen LogP contribution is 2.32. The molecule has 112 valence electrons. The maximum Gasteiger partial charge on any atom is 0.226 e. The van der Waals surface area contributed by atoms with Gasteiger partial charge in [0.15, 0.2) is 9.84 Å². The van der Waals surface area contributed by atoms with Crippen LogP contribution < -0.4 is 5.73 Å². The number of halogens is 1. The fourth-order valence-corrected chi connectivity index (χ4v) is 5.09. The number of amides is 1. The monoisotopic (exact) mass is 310 g/mol. The molecule has 0 radical (unpaired) electrons. The maximum atomic E-state index is 12.2. The summed E-state index contributed by atoms with van der Waals surface area (Å²) >= 11 is 0. The number of carbonyl (C=O) groups excluding carboxylic acids is 1. The van der Waals surface area contributed by atoms with Crippen LogP contribution in [0.1, 0.15) is 32.6 Å². The smallest absolute Gasteiger partial charge is 0.226 e. The maximum absolute atomic E-state index is 12.2. The van der Waals surface area contributed by atoms with Crippen LogP contribution in [0.15, 0.2) is 0 Å². The van der Waals surface area contributed by atoms with E-state index in [0.29, 0.717) is 19.5 Å². The number of hydrogen-bond acceptors (Lipinski definition) is 4. The molecule has 2 aliphatic rings. The highest BCUT2D eigenvalue weighted by Gasteiger charge is 2.44. The van der Waals surface area contributed by atoms with Crippen LogP contribution in [0, 0.1) is 5.92 Å². The Morgan fingerprint density at radius 1 is 1.37 bits per heavy atom. The molecule has 0 bridgehead atoms. The van der Waals surface area contributed by atoms with Gasteiger partial charge in [-0.05, 0) is 12.8 Å². The standard InChI is InChI=1S/C12H22N2O3S.ClH/c1-9(8-13)12(15)14-6-7-18(16,17)11-5-3-2-4-10(11)14;/h9-11H,2-8,13H2,1H3;1H. The Morgan fingerprint density at radius 3 is 2.63 bits per heavy atom. The van der Waals surface area contributed by atoms with Gasteiger partial charge in [-0.1, -0.05) is 19.8 Å². The Bertz CT molecular complexity index is 427. The van der Waals surface area contributed by atoms with Gasteiger partial charge in [-0.3, -0.25) is 4.79 Å². The van der Waals surface area contributed by atoms with Gasteiger partial charge >= 0.3 is 0 Å². The summed E-state index contributed by atoms with van der Waals surface area (Å²) in [6.45, 7) is 2.47. The number of carbonyl (C=O) groups is 1. The topological polar surface area (TPSA) is 80.5 Å². The molecule has 0 aromatic rings. The van der Waals surface area contributed by atoms with Gasteiger partial charge in [0.2, 0.25) is 5.91 Å². The van der Waals surface area contributed by atoms with E-state index in [1.54, 1.807) is 4.90 Å². The van der Waals surface area contributed by atoms with Crippen molar-refractivity contribution in [2.24, 2.45) is 11.7 Å². The van der Waals surface area contributed by atoms with Crippen molar-refractivity contribution in [3.05, 3.63) is 0 Å². The molecule has 1 aliphatic carbocycles. The van der Waals surface area contributed by atoms with E-state index in [2.05, 4.69) is 0 Å². The van der Waals surface area contributed by atoms with Gasteiger partial charge in [-0.2, -0.15) is 0 Å². The number of rotatable bonds is 2. The molecule has 2 N–H and O–H groups in total. The molecule has 1 aliphatic heterocycles. The first-order valence-electron chi connectivity index (χ1n) is 6.69. The lowest BCUT2D eigenvalue weighted by Crippen LogP contribution is -2.59. The van der Waals surface area contributed by atoms with Crippen LogP contribution in [0.4, 0.5) is 0 Å². The molecule has 1 amide bonds. The minimum atomic E-state index is -3.01. The van der Waals surface area contributed by atoms with Crippen molar-refractivity contribution in [1.82, 2.24) is 4.90 Å². The molecule has 7 heteroatoms. The van der Waals surface area contributed by atoms with Crippen LogP contribution in [0.5, 0.6) is 0 Å². The second-order valence-corrected chi connectivity index (χ2v) is 7.77. The highest BCUT2D eigenvalue weighted by atomic mass is 35.5. The largest absolute Gasteiger partial charge is 0.337 e. The molecule has 3 atom stereocenters. The molecule has 5 nitrogen and oxygen atoms in total. The molecular formula is C12H23ClN2O3S. The third-order valence-electron chi connectivity index (χ3n) is 4.20. The SMILES string of the molecule is CC(CN)C(=O)N1CCS(=O)(=O)C2CCCCC21.Cl. The first kappa shape index (κ1) is 16.7. The lowest BCUT2D eigenvalue weighted by molar-refractivity contribution is -0.137. The molecular weight excluding hydrogens is 288 g/mol. The molecule has 0 aromatic carbocycles. The summed E-state index contributed by atoms with van der Waals surface area (Å²) < 4.78 is 24.1. The summed E-state index contributed by atoms with van der Waals surface area (Å²) in [6.07, 6.45) is 3.48. The van der Waals surface area contributed by atoms with Crippen LogP contribution in [0.2, 0.25) is 0 Å². The number of sulfone groups is 1. The average Bonchev–Trinajstić information content (AvgIpc) is 2.37. The molecule has 1 heterocycles. The van der Waals surface area contributed by atoms with E-state index in [0.717, 1.165) is 19.3 Å². The van der Waals surface area contributed by atoms with Crippen molar-refractivity contribution < 1.29 is 13.2 Å². The van der Waals surface area contributed by atoms with Gasteiger partial charge in [0, 0.05) is 25.0 Å². The van der Waals surface area contributed by atoms with E-state index >= 15 is 0 Å². The van der Waals surface area contributed by atoms with Crippen molar-refractivity contribution in [3.8, 4) is 0 Å². The zero-order chi connectivity index (χ0) is 13.3. The second kappa shape index (κ2) is 6.41. The quantitative estimate of drug-likeness (QED) is 0.808. The fourth-order valence-electron chi connectivity index (χ4n) is 3.05. The molecule has 0 aromatic heterocycles. The van der Waals surface area contributed by atoms with Gasteiger partial charge in [0.05, 0.1) is 11.0 Å². The zero-order valence-electron chi connectivity index (χ0n) is 11.2. The fraction of sp³-hybridized carbons (Fsp3) is 0.917. The van der Waals surface area contributed by atoms with E-state index in [9.17, 15) is 13.2 Å². The van der Waals surface area contributed by atoms with Crippen molar-refractivity contribution in [3.63, 3.8) is 0 Å². The van der Waals surface area contributed by atoms with Crippen LogP contribution in [-0.2, 0) is 14.6 Å². The van der Waals surface area contributed by atoms with E-state index in [-0.39, 0.29) is 41.3 Å². The summed E-state index contributed by atoms with van der Waals surface area (Å²) in [5.74, 6) is -0.0883. The highest BCUT2D eigenvalue weighted by molar-refractivity contribution is 7.92. The van der Waals surface area contributed by atoms with Crippen LogP contribution in [0.3, 0.4) is 0 Å². The summed E-state index contributed by atoms with van der Waals surface area (Å²) in [7, 11) is -3.01. The number of hydrogen-bond donors (Lipinski definition) is 1. The Hall–Kier alpha value is -0.330. The van der Waals surface area contributed by atoms with Gasteiger partial charge < -0.3 is 10.6 Å². The number of fused-ring (bicyclic) bond motifs is 1. The van der Waals surface area contributed by atoms with Crippen LogP contribution in [-0.4, -0.2) is 49.4 Å². The van der Waals surface area contributed by atoms with E-state index in [4.69, 9.17) is 5.73 Å². The molecule has 0 spiro atoms. The second-order valence-electron chi connectivity index (χ2n) is 5.43. The first-order valence-corrected chi connectivity index (χ1v) is 8.41. The lowest BCUT2D eigenvalue weighted by Gasteiger charge is -2.44.